The summed E-state index contributed by atoms with van der Waals surface area (Å²) in [7, 11) is -3.52. The molecule has 0 spiro atoms. The molecule has 4 nitrogen and oxygen atoms in total. The Hall–Kier alpha value is -1.17. The summed E-state index contributed by atoms with van der Waals surface area (Å²) < 4.78 is 27.2. The number of aryl methyl sites for hydroxylation is 1. The molecule has 2 aliphatic rings. The van der Waals surface area contributed by atoms with Crippen LogP contribution in [0.1, 0.15) is 25.3 Å². The highest BCUT2D eigenvalue weighted by Crippen LogP contribution is 2.49. The molecular weight excluding hydrogens is 298 g/mol. The van der Waals surface area contributed by atoms with Crippen molar-refractivity contribution >= 4 is 10.0 Å². The molecule has 0 radical (unpaired) electrons. The lowest BCUT2D eigenvalue weighted by molar-refractivity contribution is 0.00497. The highest BCUT2D eigenvalue weighted by Gasteiger charge is 2.53. The Kier molecular flexibility index (Phi) is 3.70. The van der Waals surface area contributed by atoms with E-state index in [1.54, 1.807) is 12.1 Å². The molecule has 1 aromatic rings. The van der Waals surface area contributed by atoms with E-state index in [0.717, 1.165) is 17.6 Å². The fourth-order valence-corrected chi connectivity index (χ4v) is 5.34. The molecule has 120 valence electrons. The van der Waals surface area contributed by atoms with Crippen LogP contribution in [-0.2, 0) is 10.0 Å². The summed E-state index contributed by atoms with van der Waals surface area (Å²) >= 11 is 0. The number of hydrogen-bond acceptors (Lipinski definition) is 3. The van der Waals surface area contributed by atoms with Gasteiger partial charge in [-0.2, -0.15) is 4.31 Å². The molecule has 1 aliphatic carbocycles. The summed E-state index contributed by atoms with van der Waals surface area (Å²) in [6, 6.07) is 6.93. The van der Waals surface area contributed by atoms with Crippen LogP contribution < -0.4 is 0 Å². The first-order valence-electron chi connectivity index (χ1n) is 7.68. The van der Waals surface area contributed by atoms with Gasteiger partial charge in [0.2, 0.25) is 10.0 Å². The molecule has 1 saturated heterocycles. The van der Waals surface area contributed by atoms with Gasteiger partial charge in [0, 0.05) is 24.4 Å². The van der Waals surface area contributed by atoms with E-state index in [-0.39, 0.29) is 5.92 Å². The van der Waals surface area contributed by atoms with Crippen LogP contribution in [0.4, 0.5) is 0 Å². The third kappa shape index (κ3) is 2.32. The van der Waals surface area contributed by atoms with Crippen LogP contribution in [-0.4, -0.2) is 37.0 Å². The zero-order valence-electron chi connectivity index (χ0n) is 13.1. The van der Waals surface area contributed by atoms with Gasteiger partial charge < -0.3 is 5.11 Å². The van der Waals surface area contributed by atoms with Crippen LogP contribution in [0, 0.1) is 18.3 Å². The van der Waals surface area contributed by atoms with E-state index in [0.29, 0.717) is 24.4 Å². The predicted molar refractivity (Wildman–Crippen MR) is 85.9 cm³/mol. The van der Waals surface area contributed by atoms with E-state index in [1.165, 1.54) is 4.31 Å². The molecule has 1 unspecified atom stereocenters. The molecule has 1 N–H and O–H groups in total. The van der Waals surface area contributed by atoms with Crippen LogP contribution in [0.2, 0.25) is 0 Å². The van der Waals surface area contributed by atoms with E-state index in [4.69, 9.17) is 0 Å². The second kappa shape index (κ2) is 5.18. The Morgan fingerprint density at radius 2 is 1.95 bits per heavy atom. The molecule has 1 saturated carbocycles. The van der Waals surface area contributed by atoms with Crippen molar-refractivity contribution in [3.05, 3.63) is 42.0 Å². The maximum atomic E-state index is 12.9. The summed E-state index contributed by atoms with van der Waals surface area (Å²) in [5.41, 5.74) is 1.67. The maximum Gasteiger partial charge on any atom is 0.243 e. The molecule has 3 rings (SSSR count). The predicted octanol–water partition coefficient (Wildman–Crippen LogP) is 2.33. The van der Waals surface area contributed by atoms with Crippen molar-refractivity contribution in [1.29, 1.82) is 0 Å². The van der Waals surface area contributed by atoms with Gasteiger partial charge in [0.05, 0.1) is 11.0 Å². The van der Waals surface area contributed by atoms with Crippen LogP contribution >= 0.6 is 0 Å². The van der Waals surface area contributed by atoms with Gasteiger partial charge in [-0.1, -0.05) is 36.8 Å². The van der Waals surface area contributed by atoms with E-state index < -0.39 is 21.5 Å². The fraction of sp³-hybridized carbons (Fsp3) is 0.529. The molecule has 2 fully saturated rings. The van der Waals surface area contributed by atoms with Gasteiger partial charge in [-0.25, -0.2) is 8.42 Å². The first kappa shape index (κ1) is 15.7. The fourth-order valence-electron chi connectivity index (χ4n) is 3.77. The second-order valence-electron chi connectivity index (χ2n) is 6.88. The zero-order valence-corrected chi connectivity index (χ0v) is 13.9. The number of aliphatic hydroxyl groups is 1. The van der Waals surface area contributed by atoms with Gasteiger partial charge in [-0.3, -0.25) is 0 Å². The molecule has 3 atom stereocenters. The molecule has 5 heteroatoms. The topological polar surface area (TPSA) is 57.6 Å². The van der Waals surface area contributed by atoms with E-state index in [9.17, 15) is 13.5 Å². The highest BCUT2D eigenvalue weighted by molar-refractivity contribution is 7.89. The number of fused-ring (bicyclic) bond motifs is 1. The Morgan fingerprint density at radius 3 is 2.55 bits per heavy atom. The van der Waals surface area contributed by atoms with Gasteiger partial charge in [-0.15, -0.1) is 0 Å². The summed E-state index contributed by atoms with van der Waals surface area (Å²) in [5, 5.41) is 10.4. The van der Waals surface area contributed by atoms with Crippen LogP contribution in [0.5, 0.6) is 0 Å². The van der Waals surface area contributed by atoms with Crippen molar-refractivity contribution in [2.45, 2.75) is 37.7 Å². The lowest BCUT2D eigenvalue weighted by Gasteiger charge is -2.41. The summed E-state index contributed by atoms with van der Waals surface area (Å²) in [6.07, 6.45) is 0.977. The SMILES string of the molecule is C=C1CC[C@@H](O)[C@]2(C)CN(S(=O)(=O)c3ccc(C)cc3)CC12. The highest BCUT2D eigenvalue weighted by atomic mass is 32.2. The zero-order chi connectivity index (χ0) is 16.1. The van der Waals surface area contributed by atoms with Crippen molar-refractivity contribution in [3.8, 4) is 0 Å². The van der Waals surface area contributed by atoms with Crippen molar-refractivity contribution in [1.82, 2.24) is 4.31 Å². The van der Waals surface area contributed by atoms with Crippen molar-refractivity contribution in [2.24, 2.45) is 11.3 Å². The Balaban J connectivity index is 1.94. The second-order valence-corrected chi connectivity index (χ2v) is 8.82. The molecule has 0 aromatic heterocycles. The maximum absolute atomic E-state index is 12.9. The number of rotatable bonds is 2. The lowest BCUT2D eigenvalue weighted by Crippen LogP contribution is -2.43. The van der Waals surface area contributed by atoms with E-state index >= 15 is 0 Å². The monoisotopic (exact) mass is 321 g/mol. The third-order valence-electron chi connectivity index (χ3n) is 5.35. The first-order chi connectivity index (χ1) is 10.2. The van der Waals surface area contributed by atoms with Gasteiger partial charge in [0.25, 0.3) is 0 Å². The normalized spacial score (nSPS) is 33.0. The molecular formula is C17H23NO3S. The third-order valence-corrected chi connectivity index (χ3v) is 7.18. The smallest absolute Gasteiger partial charge is 0.243 e. The Bertz CT molecular complexity index is 695. The van der Waals surface area contributed by atoms with Crippen molar-refractivity contribution in [3.63, 3.8) is 0 Å². The average Bonchev–Trinajstić information content (AvgIpc) is 2.85. The van der Waals surface area contributed by atoms with Crippen LogP contribution in [0.25, 0.3) is 0 Å². The summed E-state index contributed by atoms with van der Waals surface area (Å²) in [6.45, 7) is 8.80. The van der Waals surface area contributed by atoms with Crippen molar-refractivity contribution < 1.29 is 13.5 Å². The van der Waals surface area contributed by atoms with Crippen LogP contribution in [0.15, 0.2) is 41.3 Å². The number of hydrogen-bond donors (Lipinski definition) is 1. The van der Waals surface area contributed by atoms with Gasteiger partial charge in [0.1, 0.15) is 0 Å². The Morgan fingerprint density at radius 1 is 1.32 bits per heavy atom. The lowest BCUT2D eigenvalue weighted by atomic mass is 9.66. The number of benzene rings is 1. The van der Waals surface area contributed by atoms with E-state index in [1.807, 2.05) is 26.0 Å². The van der Waals surface area contributed by atoms with Crippen molar-refractivity contribution in [2.75, 3.05) is 13.1 Å². The quantitative estimate of drug-likeness (QED) is 0.851. The summed E-state index contributed by atoms with van der Waals surface area (Å²) in [4.78, 5) is 0.320. The first-order valence-corrected chi connectivity index (χ1v) is 9.12. The van der Waals surface area contributed by atoms with E-state index in [2.05, 4.69) is 6.58 Å². The van der Waals surface area contributed by atoms with Gasteiger partial charge in [0.15, 0.2) is 0 Å². The standard InChI is InChI=1S/C17H23NO3S/c1-12-4-7-14(8-5-12)22(20,21)18-10-15-13(2)6-9-16(19)17(15,3)11-18/h4-5,7-8,15-16,19H,2,6,9-11H2,1,3H3/t15?,16-,17-/m1/s1. The number of aliphatic hydroxyl groups excluding tert-OH is 1. The van der Waals surface area contributed by atoms with Gasteiger partial charge >= 0.3 is 0 Å². The number of sulfonamides is 1. The minimum atomic E-state index is -3.52. The molecule has 1 aromatic carbocycles. The molecule has 0 amide bonds. The molecule has 0 bridgehead atoms. The van der Waals surface area contributed by atoms with Crippen LogP contribution in [0.3, 0.4) is 0 Å². The molecule has 1 heterocycles. The minimum absolute atomic E-state index is 0.0384. The number of nitrogens with zero attached hydrogens (tertiary/aromatic N) is 1. The Labute approximate surface area is 132 Å². The largest absolute Gasteiger partial charge is 0.392 e. The molecule has 22 heavy (non-hydrogen) atoms. The summed E-state index contributed by atoms with van der Waals surface area (Å²) in [5.74, 6) is 0.0384. The molecule has 1 aliphatic heterocycles. The minimum Gasteiger partial charge on any atom is -0.392 e. The average molecular weight is 321 g/mol. The van der Waals surface area contributed by atoms with Gasteiger partial charge in [-0.05, 0) is 31.9 Å².